The molecule has 4 heteroatoms. The van der Waals surface area contributed by atoms with Crippen LogP contribution in [-0.2, 0) is 4.79 Å². The van der Waals surface area contributed by atoms with Gasteiger partial charge in [-0.25, -0.2) is 4.79 Å². The van der Waals surface area contributed by atoms with Crippen LogP contribution in [0.15, 0.2) is 29.4 Å². The van der Waals surface area contributed by atoms with E-state index in [2.05, 4.69) is 9.98 Å². The molecule has 64 valence electrons. The van der Waals surface area contributed by atoms with Crippen LogP contribution in [-0.4, -0.2) is 11.1 Å². The van der Waals surface area contributed by atoms with Gasteiger partial charge in [-0.05, 0) is 6.07 Å². The van der Waals surface area contributed by atoms with Gasteiger partial charge in [-0.15, -0.1) is 0 Å². The van der Waals surface area contributed by atoms with Gasteiger partial charge in [0.15, 0.2) is 0 Å². The molecule has 0 aliphatic rings. The summed E-state index contributed by atoms with van der Waals surface area (Å²) in [6.45, 7) is 0. The van der Waals surface area contributed by atoms with E-state index in [1.807, 2.05) is 12.1 Å². The molecule has 3 nitrogen and oxygen atoms in total. The number of rotatable bonds is 1. The molecule has 0 saturated carbocycles. The standard InChI is InChI=1S/C9H5ClN2O/c10-7-3-1-2-6-8(12-5-13)4-11-9(6)7/h1-4,11H. The van der Waals surface area contributed by atoms with Gasteiger partial charge in [0.1, 0.15) is 5.69 Å². The second kappa shape index (κ2) is 3.05. The molecule has 0 bridgehead atoms. The zero-order chi connectivity index (χ0) is 9.26. The Kier molecular flexibility index (Phi) is 1.89. The quantitative estimate of drug-likeness (QED) is 0.548. The lowest BCUT2D eigenvalue weighted by molar-refractivity contribution is 0.565. The Labute approximate surface area is 79.0 Å². The molecule has 1 aromatic heterocycles. The second-order valence-electron chi connectivity index (χ2n) is 2.54. The lowest BCUT2D eigenvalue weighted by Crippen LogP contribution is -1.68. The van der Waals surface area contributed by atoms with Gasteiger partial charge in [0.2, 0.25) is 6.08 Å². The molecule has 0 radical (unpaired) electrons. The van der Waals surface area contributed by atoms with Crippen molar-refractivity contribution in [1.82, 2.24) is 4.98 Å². The first-order chi connectivity index (χ1) is 6.33. The predicted octanol–water partition coefficient (Wildman–Crippen LogP) is 2.79. The van der Waals surface area contributed by atoms with E-state index >= 15 is 0 Å². The van der Waals surface area contributed by atoms with Crippen LogP contribution in [0.5, 0.6) is 0 Å². The van der Waals surface area contributed by atoms with Crippen LogP contribution in [0, 0.1) is 0 Å². The molecule has 1 N–H and O–H groups in total. The molecule has 0 aliphatic heterocycles. The number of isocyanates is 1. The summed E-state index contributed by atoms with van der Waals surface area (Å²) in [4.78, 5) is 16.5. The first kappa shape index (κ1) is 8.05. The smallest absolute Gasteiger partial charge is 0.240 e. The van der Waals surface area contributed by atoms with E-state index in [0.717, 1.165) is 10.9 Å². The number of hydrogen-bond acceptors (Lipinski definition) is 2. The van der Waals surface area contributed by atoms with Crippen LogP contribution >= 0.6 is 11.6 Å². The van der Waals surface area contributed by atoms with E-state index in [1.54, 1.807) is 12.3 Å². The van der Waals surface area contributed by atoms with Crippen LogP contribution in [0.1, 0.15) is 0 Å². The molecule has 0 spiro atoms. The minimum absolute atomic E-state index is 0.563. The Bertz CT molecular complexity index is 497. The van der Waals surface area contributed by atoms with Crippen molar-refractivity contribution in [3.63, 3.8) is 0 Å². The number of carbonyl (C=O) groups excluding carboxylic acids is 1. The molecule has 0 unspecified atom stereocenters. The van der Waals surface area contributed by atoms with Gasteiger partial charge in [0.25, 0.3) is 0 Å². The van der Waals surface area contributed by atoms with Gasteiger partial charge >= 0.3 is 0 Å². The molecule has 2 rings (SSSR count). The van der Waals surface area contributed by atoms with E-state index < -0.39 is 0 Å². The van der Waals surface area contributed by atoms with Crippen molar-refractivity contribution in [3.8, 4) is 0 Å². The van der Waals surface area contributed by atoms with Crippen LogP contribution < -0.4 is 0 Å². The molecule has 0 aliphatic carbocycles. The second-order valence-corrected chi connectivity index (χ2v) is 2.95. The Morgan fingerprint density at radius 1 is 1.46 bits per heavy atom. The van der Waals surface area contributed by atoms with Crippen molar-refractivity contribution < 1.29 is 4.79 Å². The highest BCUT2D eigenvalue weighted by Gasteiger charge is 2.04. The Hall–Kier alpha value is -1.57. The van der Waals surface area contributed by atoms with Crippen LogP contribution in [0.4, 0.5) is 5.69 Å². The fourth-order valence-electron chi connectivity index (χ4n) is 1.24. The molecule has 0 fully saturated rings. The third-order valence-corrected chi connectivity index (χ3v) is 2.12. The average Bonchev–Trinajstić information content (AvgIpc) is 2.51. The molecule has 0 amide bonds. The highest BCUT2D eigenvalue weighted by atomic mass is 35.5. The minimum atomic E-state index is 0.563. The molecular weight excluding hydrogens is 188 g/mol. The van der Waals surface area contributed by atoms with Crippen molar-refractivity contribution in [3.05, 3.63) is 29.4 Å². The first-order valence-electron chi connectivity index (χ1n) is 3.66. The minimum Gasteiger partial charge on any atom is -0.358 e. The van der Waals surface area contributed by atoms with Gasteiger partial charge in [-0.1, -0.05) is 23.7 Å². The van der Waals surface area contributed by atoms with Crippen LogP contribution in [0.2, 0.25) is 5.02 Å². The summed E-state index contributed by atoms with van der Waals surface area (Å²) in [6, 6.07) is 5.42. The predicted molar refractivity (Wildman–Crippen MR) is 51.1 cm³/mol. The molecule has 0 saturated heterocycles. The third kappa shape index (κ3) is 1.24. The maximum Gasteiger partial charge on any atom is 0.240 e. The number of halogens is 1. The zero-order valence-electron chi connectivity index (χ0n) is 6.54. The highest BCUT2D eigenvalue weighted by molar-refractivity contribution is 6.35. The highest BCUT2D eigenvalue weighted by Crippen LogP contribution is 2.29. The molecular formula is C9H5ClN2O. The van der Waals surface area contributed by atoms with Crippen molar-refractivity contribution in [2.24, 2.45) is 4.99 Å². The number of aromatic amines is 1. The van der Waals surface area contributed by atoms with E-state index in [9.17, 15) is 4.79 Å². The fourth-order valence-corrected chi connectivity index (χ4v) is 1.47. The number of hydrogen-bond donors (Lipinski definition) is 1. The van der Waals surface area contributed by atoms with Gasteiger partial charge in [0, 0.05) is 11.6 Å². The van der Waals surface area contributed by atoms with Crippen LogP contribution in [0.3, 0.4) is 0 Å². The van der Waals surface area contributed by atoms with E-state index in [-0.39, 0.29) is 0 Å². The summed E-state index contributed by atoms with van der Waals surface area (Å²) in [7, 11) is 0. The monoisotopic (exact) mass is 192 g/mol. The van der Waals surface area contributed by atoms with Crippen molar-refractivity contribution in [2.75, 3.05) is 0 Å². The summed E-state index contributed by atoms with van der Waals surface area (Å²) in [5.41, 5.74) is 1.35. The lowest BCUT2D eigenvalue weighted by atomic mass is 10.2. The maximum absolute atomic E-state index is 10.1. The summed E-state index contributed by atoms with van der Waals surface area (Å²) >= 11 is 5.90. The van der Waals surface area contributed by atoms with E-state index in [0.29, 0.717) is 10.7 Å². The topological polar surface area (TPSA) is 45.2 Å². The number of nitrogens with zero attached hydrogens (tertiary/aromatic N) is 1. The van der Waals surface area contributed by atoms with Gasteiger partial charge in [-0.3, -0.25) is 0 Å². The normalized spacial score (nSPS) is 9.92. The molecule has 2 aromatic rings. The van der Waals surface area contributed by atoms with Crippen LogP contribution in [0.25, 0.3) is 10.9 Å². The largest absolute Gasteiger partial charge is 0.358 e. The Balaban J connectivity index is 2.82. The summed E-state index contributed by atoms with van der Waals surface area (Å²) in [6.07, 6.45) is 3.12. The Morgan fingerprint density at radius 3 is 3.08 bits per heavy atom. The first-order valence-corrected chi connectivity index (χ1v) is 4.04. The number of para-hydroxylation sites is 1. The molecule has 1 aromatic carbocycles. The van der Waals surface area contributed by atoms with E-state index in [4.69, 9.17) is 11.6 Å². The number of aliphatic imine (C=N–C) groups is 1. The summed E-state index contributed by atoms with van der Waals surface area (Å²) in [5, 5.41) is 1.45. The van der Waals surface area contributed by atoms with E-state index in [1.165, 1.54) is 6.08 Å². The molecule has 0 atom stereocenters. The zero-order valence-corrected chi connectivity index (χ0v) is 7.30. The van der Waals surface area contributed by atoms with Gasteiger partial charge < -0.3 is 4.98 Å². The molecule has 1 heterocycles. The fraction of sp³-hybridized carbons (Fsp3) is 0. The van der Waals surface area contributed by atoms with Gasteiger partial charge in [-0.2, -0.15) is 4.99 Å². The van der Waals surface area contributed by atoms with Crippen molar-refractivity contribution >= 4 is 34.3 Å². The molecule has 13 heavy (non-hydrogen) atoms. The number of H-pyrrole nitrogens is 1. The number of aromatic nitrogens is 1. The summed E-state index contributed by atoms with van der Waals surface area (Å²) in [5.74, 6) is 0. The SMILES string of the molecule is O=C=Nc1c[nH]c2c(Cl)cccc12. The lowest BCUT2D eigenvalue weighted by Gasteiger charge is -1.91. The Morgan fingerprint density at radius 2 is 2.31 bits per heavy atom. The maximum atomic E-state index is 10.1. The van der Waals surface area contributed by atoms with Gasteiger partial charge in [0.05, 0.1) is 10.5 Å². The third-order valence-electron chi connectivity index (χ3n) is 1.81. The van der Waals surface area contributed by atoms with Crippen molar-refractivity contribution in [2.45, 2.75) is 0 Å². The number of nitrogens with one attached hydrogen (secondary N) is 1. The summed E-state index contributed by atoms with van der Waals surface area (Å²) < 4.78 is 0. The number of benzene rings is 1. The number of fused-ring (bicyclic) bond motifs is 1. The van der Waals surface area contributed by atoms with Crippen molar-refractivity contribution in [1.29, 1.82) is 0 Å². The average molecular weight is 193 g/mol.